The summed E-state index contributed by atoms with van der Waals surface area (Å²) >= 11 is 0. The first-order valence-electron chi connectivity index (χ1n) is 7.57. The Bertz CT molecular complexity index is 587. The molecule has 3 heterocycles. The molecule has 0 aliphatic carbocycles. The van der Waals surface area contributed by atoms with Gasteiger partial charge in [-0.05, 0) is 35.8 Å². The van der Waals surface area contributed by atoms with Gasteiger partial charge in [0.05, 0.1) is 0 Å². The van der Waals surface area contributed by atoms with Gasteiger partial charge in [0.2, 0.25) is 5.91 Å². The molecule has 0 aromatic carbocycles. The number of hydrogen-bond donors (Lipinski definition) is 0. The number of likely N-dealkylation sites (tertiary alicyclic amines) is 1. The van der Waals surface area contributed by atoms with Gasteiger partial charge in [-0.2, -0.15) is 0 Å². The second-order valence-corrected chi connectivity index (χ2v) is 5.49. The van der Waals surface area contributed by atoms with Crippen molar-refractivity contribution in [3.05, 3.63) is 30.6 Å². The van der Waals surface area contributed by atoms with Crippen molar-refractivity contribution >= 4 is 5.91 Å². The van der Waals surface area contributed by atoms with Crippen LogP contribution in [-0.4, -0.2) is 54.1 Å². The Morgan fingerprint density at radius 3 is 3.14 bits per heavy atom. The largest absolute Gasteiger partial charge is 0.342 e. The van der Waals surface area contributed by atoms with Crippen LogP contribution in [0.4, 0.5) is 0 Å². The highest BCUT2D eigenvalue weighted by Crippen LogP contribution is 2.25. The number of carbonyl (C=O) groups is 1. The molecule has 1 amide bonds. The number of aryl methyl sites for hydroxylation is 1. The van der Waals surface area contributed by atoms with Crippen molar-refractivity contribution in [2.24, 2.45) is 0 Å². The SMILES string of the molecule is O=C(CCCn1cnnn1)N1CCC[C@@H](c2ccncn2)C1. The highest BCUT2D eigenvalue weighted by Gasteiger charge is 2.25. The third kappa shape index (κ3) is 3.63. The Kier molecular flexibility index (Phi) is 4.67. The third-order valence-electron chi connectivity index (χ3n) is 3.97. The van der Waals surface area contributed by atoms with E-state index in [0.29, 0.717) is 18.9 Å². The van der Waals surface area contributed by atoms with Crippen molar-refractivity contribution in [2.45, 2.75) is 38.1 Å². The van der Waals surface area contributed by atoms with E-state index in [9.17, 15) is 4.79 Å². The molecule has 1 fully saturated rings. The number of nitrogens with zero attached hydrogens (tertiary/aromatic N) is 7. The minimum absolute atomic E-state index is 0.201. The summed E-state index contributed by atoms with van der Waals surface area (Å²) < 4.78 is 1.65. The Labute approximate surface area is 128 Å². The van der Waals surface area contributed by atoms with Crippen LogP contribution < -0.4 is 0 Å². The number of aromatic nitrogens is 6. The minimum Gasteiger partial charge on any atom is -0.342 e. The van der Waals surface area contributed by atoms with Gasteiger partial charge in [-0.1, -0.05) is 0 Å². The Morgan fingerprint density at radius 2 is 2.36 bits per heavy atom. The van der Waals surface area contributed by atoms with Gasteiger partial charge < -0.3 is 4.90 Å². The lowest BCUT2D eigenvalue weighted by atomic mass is 9.94. The van der Waals surface area contributed by atoms with E-state index in [1.165, 1.54) is 0 Å². The van der Waals surface area contributed by atoms with E-state index in [-0.39, 0.29) is 5.91 Å². The first kappa shape index (κ1) is 14.6. The molecule has 0 bridgehead atoms. The second kappa shape index (κ2) is 7.06. The summed E-state index contributed by atoms with van der Waals surface area (Å²) in [5.41, 5.74) is 1.03. The normalized spacial score (nSPS) is 18.4. The maximum Gasteiger partial charge on any atom is 0.222 e. The molecule has 2 aromatic heterocycles. The third-order valence-corrected chi connectivity index (χ3v) is 3.97. The molecule has 0 spiro atoms. The van der Waals surface area contributed by atoms with Crippen molar-refractivity contribution in [2.75, 3.05) is 13.1 Å². The lowest BCUT2D eigenvalue weighted by Gasteiger charge is -2.32. The van der Waals surface area contributed by atoms with Crippen LogP contribution >= 0.6 is 0 Å². The molecule has 0 N–H and O–H groups in total. The van der Waals surface area contributed by atoms with Crippen molar-refractivity contribution in [1.82, 2.24) is 35.1 Å². The van der Waals surface area contributed by atoms with Crippen LogP contribution in [0.1, 0.15) is 37.3 Å². The van der Waals surface area contributed by atoms with Crippen molar-refractivity contribution in [3.8, 4) is 0 Å². The topological polar surface area (TPSA) is 89.7 Å². The average Bonchev–Trinajstić information content (AvgIpc) is 3.09. The monoisotopic (exact) mass is 301 g/mol. The molecular formula is C14H19N7O. The molecule has 1 aliphatic heterocycles. The molecule has 0 radical (unpaired) electrons. The smallest absolute Gasteiger partial charge is 0.222 e. The molecule has 8 heteroatoms. The van der Waals surface area contributed by atoms with Gasteiger partial charge in [0, 0.05) is 43.9 Å². The summed E-state index contributed by atoms with van der Waals surface area (Å²) in [7, 11) is 0. The lowest BCUT2D eigenvalue weighted by Crippen LogP contribution is -2.39. The van der Waals surface area contributed by atoms with Crippen molar-refractivity contribution in [3.63, 3.8) is 0 Å². The summed E-state index contributed by atoms with van der Waals surface area (Å²) in [5.74, 6) is 0.520. The van der Waals surface area contributed by atoms with E-state index in [1.807, 2.05) is 11.0 Å². The molecule has 8 nitrogen and oxygen atoms in total. The molecule has 0 unspecified atom stereocenters. The molecule has 1 aliphatic rings. The maximum atomic E-state index is 12.3. The van der Waals surface area contributed by atoms with Crippen molar-refractivity contribution in [1.29, 1.82) is 0 Å². The van der Waals surface area contributed by atoms with E-state index < -0.39 is 0 Å². The zero-order chi connectivity index (χ0) is 15.2. The molecule has 22 heavy (non-hydrogen) atoms. The summed E-state index contributed by atoms with van der Waals surface area (Å²) in [6, 6.07) is 1.94. The summed E-state index contributed by atoms with van der Waals surface area (Å²) in [6.45, 7) is 2.26. The fourth-order valence-corrected chi connectivity index (χ4v) is 2.82. The average molecular weight is 301 g/mol. The van der Waals surface area contributed by atoms with E-state index in [1.54, 1.807) is 23.5 Å². The molecule has 2 aromatic rings. The van der Waals surface area contributed by atoms with Crippen LogP contribution in [-0.2, 0) is 11.3 Å². The Balaban J connectivity index is 1.49. The summed E-state index contributed by atoms with van der Waals surface area (Å²) in [5, 5.41) is 11.0. The zero-order valence-corrected chi connectivity index (χ0v) is 12.4. The lowest BCUT2D eigenvalue weighted by molar-refractivity contribution is -0.132. The van der Waals surface area contributed by atoms with Crippen molar-refractivity contribution < 1.29 is 4.79 Å². The number of hydrogen-bond acceptors (Lipinski definition) is 6. The number of amides is 1. The standard InChI is InChI=1S/C14H19N7O/c22-14(4-2-8-21-11-17-18-19-21)20-7-1-3-12(9-20)13-5-6-15-10-16-13/h5-6,10-12H,1-4,7-9H2/t12-/m1/s1. The van der Waals surface area contributed by atoms with E-state index in [0.717, 1.165) is 38.0 Å². The Morgan fingerprint density at radius 1 is 1.41 bits per heavy atom. The molecule has 3 rings (SSSR count). The van der Waals surface area contributed by atoms with Gasteiger partial charge in [-0.3, -0.25) is 4.79 Å². The molecule has 0 saturated carbocycles. The van der Waals surface area contributed by atoms with Gasteiger partial charge in [0.25, 0.3) is 0 Å². The van der Waals surface area contributed by atoms with E-state index >= 15 is 0 Å². The van der Waals surface area contributed by atoms with Gasteiger partial charge in [-0.25, -0.2) is 14.6 Å². The zero-order valence-electron chi connectivity index (χ0n) is 12.4. The molecule has 1 saturated heterocycles. The van der Waals surface area contributed by atoms with Crippen LogP contribution in [0.3, 0.4) is 0 Å². The number of tetrazole rings is 1. The predicted molar refractivity (Wildman–Crippen MR) is 77.6 cm³/mol. The van der Waals surface area contributed by atoms with Crippen LogP contribution in [0.2, 0.25) is 0 Å². The maximum absolute atomic E-state index is 12.3. The number of rotatable bonds is 5. The molecule has 116 valence electrons. The molecular weight excluding hydrogens is 282 g/mol. The summed E-state index contributed by atoms with van der Waals surface area (Å²) in [4.78, 5) is 22.6. The molecule has 1 atom stereocenters. The minimum atomic E-state index is 0.201. The number of piperidine rings is 1. The fraction of sp³-hybridized carbons (Fsp3) is 0.571. The second-order valence-electron chi connectivity index (χ2n) is 5.49. The van der Waals surface area contributed by atoms with Crippen LogP contribution in [0.5, 0.6) is 0 Å². The highest BCUT2D eigenvalue weighted by molar-refractivity contribution is 5.76. The first-order valence-corrected chi connectivity index (χ1v) is 7.57. The predicted octanol–water partition coefficient (Wildman–Crippen LogP) is 0.649. The highest BCUT2D eigenvalue weighted by atomic mass is 16.2. The van der Waals surface area contributed by atoms with Gasteiger partial charge in [-0.15, -0.1) is 5.10 Å². The Hall–Kier alpha value is -2.38. The van der Waals surface area contributed by atoms with Gasteiger partial charge in [0.1, 0.15) is 12.7 Å². The summed E-state index contributed by atoms with van der Waals surface area (Å²) in [6.07, 6.45) is 8.27. The van der Waals surface area contributed by atoms with E-state index in [4.69, 9.17) is 0 Å². The van der Waals surface area contributed by atoms with Crippen LogP contribution in [0, 0.1) is 0 Å². The van der Waals surface area contributed by atoms with Crippen LogP contribution in [0.15, 0.2) is 24.9 Å². The van der Waals surface area contributed by atoms with Crippen LogP contribution in [0.25, 0.3) is 0 Å². The first-order chi connectivity index (χ1) is 10.8. The van der Waals surface area contributed by atoms with Gasteiger partial charge in [0.15, 0.2) is 0 Å². The number of carbonyl (C=O) groups excluding carboxylic acids is 1. The van der Waals surface area contributed by atoms with E-state index in [2.05, 4.69) is 25.5 Å². The quantitative estimate of drug-likeness (QED) is 0.805. The fourth-order valence-electron chi connectivity index (χ4n) is 2.82. The van der Waals surface area contributed by atoms with Gasteiger partial charge >= 0.3 is 0 Å².